The van der Waals surface area contributed by atoms with Crippen molar-refractivity contribution >= 4 is 17.2 Å². The van der Waals surface area contributed by atoms with Crippen molar-refractivity contribution in [3.8, 4) is 10.6 Å². The molecule has 1 aromatic carbocycles. The fourth-order valence-corrected chi connectivity index (χ4v) is 3.98. The summed E-state index contributed by atoms with van der Waals surface area (Å²) in [6, 6.07) is 10.1. The van der Waals surface area contributed by atoms with E-state index in [0.717, 1.165) is 46.8 Å². The number of aryl methyl sites for hydroxylation is 1. The largest absolute Gasteiger partial charge is 0.354 e. The predicted octanol–water partition coefficient (Wildman–Crippen LogP) is 3.05. The van der Waals surface area contributed by atoms with Gasteiger partial charge in [-0.05, 0) is 19.8 Å². The first-order valence-corrected chi connectivity index (χ1v) is 8.95. The Morgan fingerprint density at radius 2 is 2.00 bits per heavy atom. The number of benzene rings is 1. The van der Waals surface area contributed by atoms with Crippen molar-refractivity contribution < 1.29 is 4.79 Å². The SMILES string of the molecule is Cc1sc(-c2ccccc2)nc1CC(=O)NCC1(N)CCCC1. The van der Waals surface area contributed by atoms with Crippen LogP contribution in [-0.2, 0) is 11.2 Å². The van der Waals surface area contributed by atoms with Gasteiger partial charge in [0.1, 0.15) is 5.01 Å². The Labute approximate surface area is 141 Å². The maximum atomic E-state index is 12.2. The summed E-state index contributed by atoms with van der Waals surface area (Å²) in [6.07, 6.45) is 4.66. The van der Waals surface area contributed by atoms with Crippen LogP contribution in [0.2, 0.25) is 0 Å². The summed E-state index contributed by atoms with van der Waals surface area (Å²) in [5.74, 6) is 0.00902. The van der Waals surface area contributed by atoms with Gasteiger partial charge in [0.25, 0.3) is 0 Å². The zero-order chi connectivity index (χ0) is 16.3. The zero-order valence-electron chi connectivity index (χ0n) is 13.5. The molecule has 1 heterocycles. The first-order valence-electron chi connectivity index (χ1n) is 8.13. The van der Waals surface area contributed by atoms with Gasteiger partial charge in [-0.2, -0.15) is 0 Å². The van der Waals surface area contributed by atoms with Crippen LogP contribution in [0.3, 0.4) is 0 Å². The minimum absolute atomic E-state index is 0.00902. The maximum absolute atomic E-state index is 12.2. The van der Waals surface area contributed by atoms with Gasteiger partial charge in [0.2, 0.25) is 5.91 Å². The topological polar surface area (TPSA) is 68.0 Å². The molecule has 1 aliphatic carbocycles. The van der Waals surface area contributed by atoms with E-state index in [1.807, 2.05) is 37.3 Å². The minimum Gasteiger partial charge on any atom is -0.354 e. The highest BCUT2D eigenvalue weighted by molar-refractivity contribution is 7.15. The van der Waals surface area contributed by atoms with Crippen LogP contribution < -0.4 is 11.1 Å². The van der Waals surface area contributed by atoms with Crippen molar-refractivity contribution in [1.82, 2.24) is 10.3 Å². The van der Waals surface area contributed by atoms with Gasteiger partial charge >= 0.3 is 0 Å². The summed E-state index contributed by atoms with van der Waals surface area (Å²) in [7, 11) is 0. The Balaban J connectivity index is 1.61. The number of nitrogens with two attached hydrogens (primary N) is 1. The van der Waals surface area contributed by atoms with E-state index in [9.17, 15) is 4.79 Å². The van der Waals surface area contributed by atoms with Crippen LogP contribution in [-0.4, -0.2) is 23.0 Å². The van der Waals surface area contributed by atoms with Crippen LogP contribution in [0.1, 0.15) is 36.3 Å². The van der Waals surface area contributed by atoms with Crippen LogP contribution in [0.5, 0.6) is 0 Å². The zero-order valence-corrected chi connectivity index (χ0v) is 14.3. The standard InChI is InChI=1S/C18H23N3OS/c1-13-15(21-17(23-13)14-7-3-2-4-8-14)11-16(22)20-12-18(19)9-5-6-10-18/h2-4,7-8H,5-6,9-12,19H2,1H3,(H,20,22). The lowest BCUT2D eigenvalue weighted by atomic mass is 9.99. The molecule has 122 valence electrons. The smallest absolute Gasteiger partial charge is 0.226 e. The predicted molar refractivity (Wildman–Crippen MR) is 94.4 cm³/mol. The molecule has 1 fully saturated rings. The summed E-state index contributed by atoms with van der Waals surface area (Å²) in [6.45, 7) is 2.59. The fraction of sp³-hybridized carbons (Fsp3) is 0.444. The molecule has 3 rings (SSSR count). The van der Waals surface area contributed by atoms with E-state index in [2.05, 4.69) is 10.3 Å². The molecule has 3 N–H and O–H groups in total. The van der Waals surface area contributed by atoms with E-state index in [0.29, 0.717) is 13.0 Å². The molecule has 2 aromatic rings. The number of thiazole rings is 1. The third-order valence-electron chi connectivity index (χ3n) is 4.48. The molecule has 0 bridgehead atoms. The van der Waals surface area contributed by atoms with Crippen LogP contribution in [0.4, 0.5) is 0 Å². The van der Waals surface area contributed by atoms with Gasteiger partial charge in [0, 0.05) is 22.5 Å². The molecule has 0 radical (unpaired) electrons. The lowest BCUT2D eigenvalue weighted by Gasteiger charge is -2.23. The number of amides is 1. The lowest BCUT2D eigenvalue weighted by molar-refractivity contribution is -0.120. The number of rotatable bonds is 5. The van der Waals surface area contributed by atoms with Gasteiger partial charge in [0.15, 0.2) is 0 Å². The molecule has 5 heteroatoms. The third-order valence-corrected chi connectivity index (χ3v) is 5.54. The highest BCUT2D eigenvalue weighted by Gasteiger charge is 2.29. The first-order chi connectivity index (χ1) is 11.1. The normalized spacial score (nSPS) is 16.4. The summed E-state index contributed by atoms with van der Waals surface area (Å²) >= 11 is 1.64. The third kappa shape index (κ3) is 3.98. The average Bonchev–Trinajstić information content (AvgIpc) is 3.14. The molecular weight excluding hydrogens is 306 g/mol. The number of carbonyl (C=O) groups excluding carboxylic acids is 1. The van der Waals surface area contributed by atoms with Crippen molar-refractivity contribution in [3.63, 3.8) is 0 Å². The molecule has 23 heavy (non-hydrogen) atoms. The van der Waals surface area contributed by atoms with Gasteiger partial charge in [-0.3, -0.25) is 4.79 Å². The highest BCUT2D eigenvalue weighted by Crippen LogP contribution is 2.28. The Kier molecular flexibility index (Phi) is 4.78. The van der Waals surface area contributed by atoms with Crippen LogP contribution in [0.15, 0.2) is 30.3 Å². The molecule has 1 amide bonds. The summed E-state index contributed by atoms with van der Waals surface area (Å²) in [4.78, 5) is 18.0. The molecule has 1 saturated carbocycles. The lowest BCUT2D eigenvalue weighted by Crippen LogP contribution is -2.48. The van der Waals surface area contributed by atoms with E-state index in [1.54, 1.807) is 11.3 Å². The second-order valence-electron chi connectivity index (χ2n) is 6.41. The van der Waals surface area contributed by atoms with Crippen LogP contribution >= 0.6 is 11.3 Å². The van der Waals surface area contributed by atoms with E-state index in [-0.39, 0.29) is 11.4 Å². The van der Waals surface area contributed by atoms with E-state index in [1.165, 1.54) is 0 Å². The fourth-order valence-electron chi connectivity index (χ4n) is 3.04. The molecule has 1 aliphatic rings. The molecular formula is C18H23N3OS. The number of carbonyl (C=O) groups is 1. The highest BCUT2D eigenvalue weighted by atomic mass is 32.1. The van der Waals surface area contributed by atoms with Crippen molar-refractivity contribution in [2.75, 3.05) is 6.54 Å². The Morgan fingerprint density at radius 1 is 1.30 bits per heavy atom. The van der Waals surface area contributed by atoms with Gasteiger partial charge in [-0.15, -0.1) is 11.3 Å². The van der Waals surface area contributed by atoms with Gasteiger partial charge in [-0.1, -0.05) is 43.2 Å². The number of nitrogens with one attached hydrogen (secondary N) is 1. The second-order valence-corrected chi connectivity index (χ2v) is 7.61. The molecule has 0 unspecified atom stereocenters. The maximum Gasteiger partial charge on any atom is 0.226 e. The van der Waals surface area contributed by atoms with Gasteiger partial charge in [0.05, 0.1) is 12.1 Å². The van der Waals surface area contributed by atoms with Crippen molar-refractivity contribution in [2.45, 2.75) is 44.6 Å². The van der Waals surface area contributed by atoms with E-state index >= 15 is 0 Å². The van der Waals surface area contributed by atoms with Crippen molar-refractivity contribution in [3.05, 3.63) is 40.9 Å². The van der Waals surface area contributed by atoms with Crippen LogP contribution in [0, 0.1) is 6.92 Å². The van der Waals surface area contributed by atoms with Crippen molar-refractivity contribution in [1.29, 1.82) is 0 Å². The van der Waals surface area contributed by atoms with Crippen LogP contribution in [0.25, 0.3) is 10.6 Å². The molecule has 0 atom stereocenters. The number of hydrogen-bond acceptors (Lipinski definition) is 4. The minimum atomic E-state index is -0.206. The summed E-state index contributed by atoms with van der Waals surface area (Å²) < 4.78 is 0. The number of aromatic nitrogens is 1. The van der Waals surface area contributed by atoms with E-state index in [4.69, 9.17) is 5.73 Å². The second kappa shape index (κ2) is 6.81. The quantitative estimate of drug-likeness (QED) is 0.886. The van der Waals surface area contributed by atoms with E-state index < -0.39 is 0 Å². The number of hydrogen-bond donors (Lipinski definition) is 2. The first kappa shape index (κ1) is 16.1. The monoisotopic (exact) mass is 329 g/mol. The van der Waals surface area contributed by atoms with Crippen molar-refractivity contribution in [2.24, 2.45) is 5.73 Å². The molecule has 0 aliphatic heterocycles. The Bertz CT molecular complexity index is 675. The van der Waals surface area contributed by atoms with Gasteiger partial charge < -0.3 is 11.1 Å². The average molecular weight is 329 g/mol. The summed E-state index contributed by atoms with van der Waals surface area (Å²) in [5.41, 5.74) is 8.04. The number of nitrogens with zero attached hydrogens (tertiary/aromatic N) is 1. The molecule has 0 spiro atoms. The molecule has 1 aromatic heterocycles. The van der Waals surface area contributed by atoms with Gasteiger partial charge in [-0.25, -0.2) is 4.98 Å². The Hall–Kier alpha value is -1.72. The molecule has 0 saturated heterocycles. The molecule has 4 nitrogen and oxygen atoms in total. The summed E-state index contributed by atoms with van der Waals surface area (Å²) in [5, 5.41) is 3.96. The Morgan fingerprint density at radius 3 is 2.70 bits per heavy atom.